The minimum atomic E-state index is -4.96. The number of halogens is 4. The standard InChI is InChI=1S/C24H24ClF3N4O6S/c1-30(15-16-5-7-17(8-6-16)22-29-11-13-32(22)23(34)35)21(33)4-3-12-31(2)39(36,37)20-10-9-18(14-19(20)25)38-24(26,27)28/h3-10,14H,11-13,15H2,1-2H3,(H,34,35). The topological polar surface area (TPSA) is 120 Å². The number of amidine groups is 1. The Labute approximate surface area is 227 Å². The van der Waals surface area contributed by atoms with E-state index in [2.05, 4.69) is 9.73 Å². The van der Waals surface area contributed by atoms with E-state index in [1.165, 1.54) is 24.1 Å². The molecule has 0 unspecified atom stereocenters. The fourth-order valence-electron chi connectivity index (χ4n) is 3.57. The number of aliphatic imine (C=N–C) groups is 1. The van der Waals surface area contributed by atoms with Gasteiger partial charge in [0.1, 0.15) is 16.5 Å². The molecule has 0 saturated carbocycles. The highest BCUT2D eigenvalue weighted by atomic mass is 35.5. The number of ether oxygens (including phenoxy) is 1. The van der Waals surface area contributed by atoms with Crippen molar-refractivity contribution >= 4 is 39.5 Å². The lowest BCUT2D eigenvalue weighted by molar-refractivity contribution is -0.274. The smallest absolute Gasteiger partial charge is 0.465 e. The Morgan fingerprint density at radius 2 is 1.85 bits per heavy atom. The van der Waals surface area contributed by atoms with Crippen LogP contribution in [-0.4, -0.2) is 85.6 Å². The summed E-state index contributed by atoms with van der Waals surface area (Å²) in [5.74, 6) is -0.701. The van der Waals surface area contributed by atoms with Crippen molar-refractivity contribution in [3.8, 4) is 5.75 Å². The van der Waals surface area contributed by atoms with Gasteiger partial charge in [0.15, 0.2) is 0 Å². The maximum absolute atomic E-state index is 12.8. The number of hydrogen-bond acceptors (Lipinski definition) is 6. The Kier molecular flexibility index (Phi) is 9.25. The van der Waals surface area contributed by atoms with Gasteiger partial charge >= 0.3 is 12.5 Å². The third-order valence-electron chi connectivity index (χ3n) is 5.53. The summed E-state index contributed by atoms with van der Waals surface area (Å²) in [7, 11) is -1.40. The molecule has 15 heteroatoms. The highest BCUT2D eigenvalue weighted by Crippen LogP contribution is 2.31. The van der Waals surface area contributed by atoms with Gasteiger partial charge < -0.3 is 14.7 Å². The summed E-state index contributed by atoms with van der Waals surface area (Å²) in [6.45, 7) is 0.701. The number of amides is 2. The van der Waals surface area contributed by atoms with Gasteiger partial charge in [0, 0.05) is 44.9 Å². The number of benzene rings is 2. The number of sulfonamides is 1. The first-order valence-electron chi connectivity index (χ1n) is 11.3. The number of likely N-dealkylation sites (N-methyl/N-ethyl adjacent to an activating group) is 2. The maximum Gasteiger partial charge on any atom is 0.573 e. The first-order valence-corrected chi connectivity index (χ1v) is 13.1. The van der Waals surface area contributed by atoms with Crippen LogP contribution in [-0.2, 0) is 21.4 Å². The van der Waals surface area contributed by atoms with Gasteiger partial charge in [-0.25, -0.2) is 13.2 Å². The van der Waals surface area contributed by atoms with E-state index in [1.54, 1.807) is 31.3 Å². The molecule has 0 saturated heterocycles. The van der Waals surface area contributed by atoms with Crippen molar-refractivity contribution in [2.24, 2.45) is 4.99 Å². The monoisotopic (exact) mass is 588 g/mol. The Balaban J connectivity index is 1.57. The highest BCUT2D eigenvalue weighted by molar-refractivity contribution is 7.89. The fourth-order valence-corrected chi connectivity index (χ4v) is 5.20. The molecule has 2 aromatic rings. The lowest BCUT2D eigenvalue weighted by Crippen LogP contribution is -2.33. The zero-order valence-corrected chi connectivity index (χ0v) is 22.3. The number of alkyl halides is 3. The molecule has 2 aromatic carbocycles. The van der Waals surface area contributed by atoms with Crippen LogP contribution >= 0.6 is 11.6 Å². The molecule has 3 rings (SSSR count). The molecule has 1 N–H and O–H groups in total. The van der Waals surface area contributed by atoms with Crippen LogP contribution in [0.5, 0.6) is 5.75 Å². The number of carboxylic acid groups (broad SMARTS) is 1. The van der Waals surface area contributed by atoms with Crippen molar-refractivity contribution in [2.75, 3.05) is 33.7 Å². The molecule has 39 heavy (non-hydrogen) atoms. The first-order chi connectivity index (χ1) is 18.2. The van der Waals surface area contributed by atoms with Crippen LogP contribution in [0.3, 0.4) is 0 Å². The summed E-state index contributed by atoms with van der Waals surface area (Å²) >= 11 is 5.89. The Morgan fingerprint density at radius 3 is 2.44 bits per heavy atom. The molecular weight excluding hydrogens is 565 g/mol. The van der Waals surface area contributed by atoms with E-state index in [-0.39, 0.29) is 13.1 Å². The largest absolute Gasteiger partial charge is 0.573 e. The zero-order valence-electron chi connectivity index (χ0n) is 20.7. The van der Waals surface area contributed by atoms with Crippen molar-refractivity contribution in [3.63, 3.8) is 0 Å². The maximum atomic E-state index is 12.8. The van der Waals surface area contributed by atoms with Gasteiger partial charge in [0.2, 0.25) is 15.9 Å². The summed E-state index contributed by atoms with van der Waals surface area (Å²) in [6, 6.07) is 9.43. The van der Waals surface area contributed by atoms with Crippen LogP contribution < -0.4 is 4.74 Å². The summed E-state index contributed by atoms with van der Waals surface area (Å²) < 4.78 is 67.3. The van der Waals surface area contributed by atoms with E-state index in [0.717, 1.165) is 33.0 Å². The average Bonchev–Trinajstić information content (AvgIpc) is 3.33. The third-order valence-corrected chi connectivity index (χ3v) is 7.83. The first kappa shape index (κ1) is 29.9. The third kappa shape index (κ3) is 7.71. The van der Waals surface area contributed by atoms with Crippen molar-refractivity contribution in [2.45, 2.75) is 17.8 Å². The summed E-state index contributed by atoms with van der Waals surface area (Å²) in [4.78, 5) is 30.2. The minimum absolute atomic E-state index is 0.212. The van der Waals surface area contributed by atoms with Crippen molar-refractivity contribution in [1.29, 1.82) is 0 Å². The summed E-state index contributed by atoms with van der Waals surface area (Å²) in [5, 5.41) is 8.80. The summed E-state index contributed by atoms with van der Waals surface area (Å²) in [6.07, 6.45) is -3.51. The van der Waals surface area contributed by atoms with E-state index in [0.29, 0.717) is 24.5 Å². The quantitative estimate of drug-likeness (QED) is 0.445. The summed E-state index contributed by atoms with van der Waals surface area (Å²) in [5.41, 5.74) is 1.41. The predicted octanol–water partition coefficient (Wildman–Crippen LogP) is 3.81. The molecule has 0 aromatic heterocycles. The molecule has 1 aliphatic rings. The molecule has 2 amide bonds. The van der Waals surface area contributed by atoms with Gasteiger partial charge in [-0.15, -0.1) is 13.2 Å². The molecule has 0 aliphatic carbocycles. The second-order valence-corrected chi connectivity index (χ2v) is 10.8. The highest BCUT2D eigenvalue weighted by Gasteiger charge is 2.32. The molecule has 1 heterocycles. The van der Waals surface area contributed by atoms with E-state index in [9.17, 15) is 36.3 Å². The van der Waals surface area contributed by atoms with Crippen molar-refractivity contribution in [1.82, 2.24) is 14.1 Å². The lowest BCUT2D eigenvalue weighted by Gasteiger charge is -2.18. The van der Waals surface area contributed by atoms with Gasteiger partial charge in [-0.3, -0.25) is 14.7 Å². The fraction of sp³-hybridized carbons (Fsp3) is 0.292. The average molecular weight is 589 g/mol. The van der Waals surface area contributed by atoms with Crippen LogP contribution in [0.25, 0.3) is 0 Å². The Bertz CT molecular complexity index is 1400. The second kappa shape index (κ2) is 12.1. The van der Waals surface area contributed by atoms with E-state index in [4.69, 9.17) is 11.6 Å². The minimum Gasteiger partial charge on any atom is -0.465 e. The Hall–Kier alpha value is -3.62. The van der Waals surface area contributed by atoms with Crippen molar-refractivity contribution < 1.29 is 41.0 Å². The Morgan fingerprint density at radius 1 is 1.18 bits per heavy atom. The van der Waals surface area contributed by atoms with Gasteiger partial charge in [-0.05, 0) is 17.7 Å². The van der Waals surface area contributed by atoms with Crippen LogP contribution in [0.4, 0.5) is 18.0 Å². The number of carbonyl (C=O) groups excluding carboxylic acids is 1. The van der Waals surface area contributed by atoms with Crippen LogP contribution in [0, 0.1) is 0 Å². The molecule has 1 aliphatic heterocycles. The van der Waals surface area contributed by atoms with Crippen LogP contribution in [0.2, 0.25) is 5.02 Å². The van der Waals surface area contributed by atoms with Crippen LogP contribution in [0.1, 0.15) is 11.1 Å². The van der Waals surface area contributed by atoms with E-state index >= 15 is 0 Å². The van der Waals surface area contributed by atoms with Gasteiger partial charge in [-0.2, -0.15) is 4.31 Å². The number of carbonyl (C=O) groups is 2. The number of rotatable bonds is 9. The molecule has 0 bridgehead atoms. The van der Waals surface area contributed by atoms with Crippen LogP contribution in [0.15, 0.2) is 64.5 Å². The molecule has 0 radical (unpaired) electrons. The van der Waals surface area contributed by atoms with E-state index in [1.807, 2.05) is 0 Å². The normalized spacial score (nSPS) is 14.1. The predicted molar refractivity (Wildman–Crippen MR) is 136 cm³/mol. The van der Waals surface area contributed by atoms with Crippen molar-refractivity contribution in [3.05, 3.63) is 70.8 Å². The SMILES string of the molecule is CN(Cc1ccc(C2=NCCN2C(=O)O)cc1)C(=O)C=CCN(C)S(=O)(=O)c1ccc(OC(F)(F)F)cc1Cl. The molecule has 210 valence electrons. The zero-order chi connectivity index (χ0) is 29.0. The molecule has 0 fully saturated rings. The van der Waals surface area contributed by atoms with Gasteiger partial charge in [0.05, 0.1) is 18.1 Å². The molecule has 10 nitrogen and oxygen atoms in total. The lowest BCUT2D eigenvalue weighted by atomic mass is 10.1. The van der Waals surface area contributed by atoms with Gasteiger partial charge in [0.25, 0.3) is 0 Å². The molecule has 0 atom stereocenters. The number of nitrogens with zero attached hydrogens (tertiary/aromatic N) is 4. The molecule has 0 spiro atoms. The number of hydrogen-bond donors (Lipinski definition) is 1. The second-order valence-electron chi connectivity index (χ2n) is 8.36. The van der Waals surface area contributed by atoms with Gasteiger partial charge in [-0.1, -0.05) is 41.9 Å². The molecular formula is C24H24ClF3N4O6S. The van der Waals surface area contributed by atoms with E-state index < -0.39 is 44.1 Å².